The number of hydrogen-bond donors (Lipinski definition) is 1. The Hall–Kier alpha value is -1.49. The molecule has 0 saturated heterocycles. The largest absolute Gasteiger partial charge is 0.478 e. The lowest BCUT2D eigenvalue weighted by molar-refractivity contribution is 0.0699. The number of benzene rings is 1. The van der Waals surface area contributed by atoms with E-state index in [-0.39, 0.29) is 11.5 Å². The van der Waals surface area contributed by atoms with Crippen LogP contribution in [0.15, 0.2) is 18.2 Å². The molecule has 0 radical (unpaired) electrons. The zero-order valence-corrected chi connectivity index (χ0v) is 13.1. The Balaban J connectivity index is 2.67. The summed E-state index contributed by atoms with van der Waals surface area (Å²) in [6.07, 6.45) is 2.08. The first kappa shape index (κ1) is 14.9. The predicted molar refractivity (Wildman–Crippen MR) is 83.8 cm³/mol. The first-order chi connectivity index (χ1) is 9.45. The van der Waals surface area contributed by atoms with Crippen LogP contribution in [0.2, 0.25) is 0 Å². The van der Waals surface area contributed by atoms with Crippen molar-refractivity contribution in [1.29, 1.82) is 0 Å². The van der Waals surface area contributed by atoms with Crippen LogP contribution in [0.3, 0.4) is 0 Å². The molecule has 4 nitrogen and oxygen atoms in total. The lowest BCUT2D eigenvalue weighted by Gasteiger charge is -2.15. The van der Waals surface area contributed by atoms with Gasteiger partial charge in [-0.05, 0) is 18.4 Å². The Bertz CT molecular complexity index is 634. The molecule has 1 heterocycles. The second-order valence-corrected chi connectivity index (χ2v) is 6.54. The van der Waals surface area contributed by atoms with Gasteiger partial charge >= 0.3 is 5.97 Å². The molecule has 2 rings (SSSR count). The molecular formula is C15H20N2O2S. The summed E-state index contributed by atoms with van der Waals surface area (Å²) < 4.78 is 2.16. The summed E-state index contributed by atoms with van der Waals surface area (Å²) in [4.78, 5) is 15.9. The number of hydrogen-bond acceptors (Lipinski definition) is 3. The molecule has 0 bridgehead atoms. The van der Waals surface area contributed by atoms with Crippen molar-refractivity contribution in [2.24, 2.45) is 0 Å². The van der Waals surface area contributed by atoms with E-state index in [0.717, 1.165) is 17.9 Å². The van der Waals surface area contributed by atoms with Gasteiger partial charge in [-0.2, -0.15) is 11.8 Å². The average Bonchev–Trinajstić information content (AvgIpc) is 2.77. The van der Waals surface area contributed by atoms with Crippen molar-refractivity contribution in [2.75, 3.05) is 6.26 Å². The van der Waals surface area contributed by atoms with Gasteiger partial charge in [0.25, 0.3) is 0 Å². The molecule has 0 saturated carbocycles. The highest BCUT2D eigenvalue weighted by Gasteiger charge is 2.19. The summed E-state index contributed by atoms with van der Waals surface area (Å²) in [6, 6.07) is 5.36. The van der Waals surface area contributed by atoms with Gasteiger partial charge in [-0.25, -0.2) is 9.78 Å². The molecule has 0 aliphatic carbocycles. The highest BCUT2D eigenvalue weighted by atomic mass is 32.2. The van der Waals surface area contributed by atoms with Crippen molar-refractivity contribution in [2.45, 2.75) is 38.5 Å². The first-order valence-corrected chi connectivity index (χ1v) is 7.99. The van der Waals surface area contributed by atoms with Crippen molar-refractivity contribution < 1.29 is 9.90 Å². The van der Waals surface area contributed by atoms with Gasteiger partial charge in [0, 0.05) is 17.7 Å². The molecule has 5 heteroatoms. The van der Waals surface area contributed by atoms with Crippen LogP contribution in [-0.4, -0.2) is 32.1 Å². The molecule has 20 heavy (non-hydrogen) atoms. The second-order valence-electron chi connectivity index (χ2n) is 5.26. The van der Waals surface area contributed by atoms with Gasteiger partial charge in [0.05, 0.1) is 11.1 Å². The normalized spacial score (nSPS) is 13.1. The van der Waals surface area contributed by atoms with Gasteiger partial charge in [0.1, 0.15) is 11.3 Å². The van der Waals surface area contributed by atoms with E-state index in [1.54, 1.807) is 23.9 Å². The SMILES string of the molecule is CSC(C)Cn1c(C(C)C)nc2c(C(=O)O)cccc21. The number of fused-ring (bicyclic) bond motifs is 1. The van der Waals surface area contributed by atoms with Crippen molar-refractivity contribution in [3.63, 3.8) is 0 Å². The number of rotatable bonds is 5. The maximum atomic E-state index is 11.3. The van der Waals surface area contributed by atoms with Gasteiger partial charge in [0.15, 0.2) is 0 Å². The molecule has 2 aromatic rings. The smallest absolute Gasteiger partial charge is 0.337 e. The zero-order chi connectivity index (χ0) is 14.9. The second kappa shape index (κ2) is 5.87. The van der Waals surface area contributed by atoms with Crippen LogP contribution >= 0.6 is 11.8 Å². The number of para-hydroxylation sites is 1. The predicted octanol–water partition coefficient (Wildman–Crippen LogP) is 3.61. The standard InChI is InChI=1S/C15H20N2O2S/c1-9(2)14-16-13-11(15(18)19)6-5-7-12(13)17(14)8-10(3)20-4/h5-7,9-10H,8H2,1-4H3,(H,18,19). The van der Waals surface area contributed by atoms with Crippen LogP contribution < -0.4 is 0 Å². The molecule has 108 valence electrons. The number of carboxylic acids is 1. The lowest BCUT2D eigenvalue weighted by Crippen LogP contribution is -2.13. The summed E-state index contributed by atoms with van der Waals surface area (Å²) in [5.41, 5.74) is 1.78. The van der Waals surface area contributed by atoms with E-state index in [4.69, 9.17) is 0 Å². The van der Waals surface area contributed by atoms with E-state index < -0.39 is 5.97 Å². The van der Waals surface area contributed by atoms with Crippen LogP contribution in [0.5, 0.6) is 0 Å². The Labute approximate surface area is 123 Å². The van der Waals surface area contributed by atoms with E-state index in [1.807, 2.05) is 6.07 Å². The third kappa shape index (κ3) is 2.68. The summed E-state index contributed by atoms with van der Waals surface area (Å²) in [5, 5.41) is 9.75. The number of thioether (sulfide) groups is 1. The van der Waals surface area contributed by atoms with E-state index in [1.165, 1.54) is 0 Å². The molecule has 0 spiro atoms. The number of nitrogens with zero attached hydrogens (tertiary/aromatic N) is 2. The van der Waals surface area contributed by atoms with Gasteiger partial charge in [-0.3, -0.25) is 0 Å². The summed E-state index contributed by atoms with van der Waals surface area (Å²) in [6.45, 7) is 7.18. The minimum atomic E-state index is -0.923. The topological polar surface area (TPSA) is 55.1 Å². The molecule has 0 aliphatic heterocycles. The molecular weight excluding hydrogens is 272 g/mol. The third-order valence-electron chi connectivity index (χ3n) is 3.40. The fourth-order valence-electron chi connectivity index (χ4n) is 2.30. The minimum Gasteiger partial charge on any atom is -0.478 e. The quantitative estimate of drug-likeness (QED) is 0.914. The number of carboxylic acid groups (broad SMARTS) is 1. The molecule has 1 aromatic carbocycles. The van der Waals surface area contributed by atoms with Crippen LogP contribution in [-0.2, 0) is 6.54 Å². The van der Waals surface area contributed by atoms with Crippen molar-refractivity contribution in [1.82, 2.24) is 9.55 Å². The van der Waals surface area contributed by atoms with Gasteiger partial charge < -0.3 is 9.67 Å². The Morgan fingerprint density at radius 1 is 1.40 bits per heavy atom. The van der Waals surface area contributed by atoms with Gasteiger partial charge in [-0.15, -0.1) is 0 Å². The number of aromatic nitrogens is 2. The highest BCUT2D eigenvalue weighted by molar-refractivity contribution is 7.99. The lowest BCUT2D eigenvalue weighted by atomic mass is 10.2. The number of carbonyl (C=O) groups is 1. The van der Waals surface area contributed by atoms with E-state index in [9.17, 15) is 9.90 Å². The van der Waals surface area contributed by atoms with Crippen LogP contribution in [0.1, 0.15) is 42.9 Å². The Morgan fingerprint density at radius 3 is 2.65 bits per heavy atom. The molecule has 1 atom stereocenters. The molecule has 0 aliphatic rings. The van der Waals surface area contributed by atoms with Crippen LogP contribution in [0.25, 0.3) is 11.0 Å². The van der Waals surface area contributed by atoms with E-state index in [0.29, 0.717) is 10.8 Å². The first-order valence-electron chi connectivity index (χ1n) is 6.71. The fraction of sp³-hybridized carbons (Fsp3) is 0.467. The van der Waals surface area contributed by atoms with E-state index in [2.05, 4.69) is 36.6 Å². The van der Waals surface area contributed by atoms with Crippen molar-refractivity contribution >= 4 is 28.8 Å². The minimum absolute atomic E-state index is 0.262. The molecule has 0 fully saturated rings. The van der Waals surface area contributed by atoms with Crippen LogP contribution in [0.4, 0.5) is 0 Å². The zero-order valence-electron chi connectivity index (χ0n) is 12.3. The molecule has 1 N–H and O–H groups in total. The van der Waals surface area contributed by atoms with E-state index >= 15 is 0 Å². The monoisotopic (exact) mass is 292 g/mol. The van der Waals surface area contributed by atoms with Gasteiger partial charge in [-0.1, -0.05) is 26.8 Å². The Kier molecular flexibility index (Phi) is 4.38. The number of imidazole rings is 1. The van der Waals surface area contributed by atoms with Crippen molar-refractivity contribution in [3.05, 3.63) is 29.6 Å². The Morgan fingerprint density at radius 2 is 2.10 bits per heavy atom. The molecule has 1 unspecified atom stereocenters. The summed E-state index contributed by atoms with van der Waals surface area (Å²) in [5.74, 6) is 0.293. The molecule has 0 amide bonds. The third-order valence-corrected chi connectivity index (χ3v) is 4.35. The van der Waals surface area contributed by atoms with Gasteiger partial charge in [0.2, 0.25) is 0 Å². The van der Waals surface area contributed by atoms with Crippen LogP contribution in [0, 0.1) is 0 Å². The maximum absolute atomic E-state index is 11.3. The highest BCUT2D eigenvalue weighted by Crippen LogP contribution is 2.26. The fourth-order valence-corrected chi connectivity index (χ4v) is 2.60. The summed E-state index contributed by atoms with van der Waals surface area (Å²) in [7, 11) is 0. The maximum Gasteiger partial charge on any atom is 0.337 e. The molecule has 1 aromatic heterocycles. The number of aromatic carboxylic acids is 1. The average molecular weight is 292 g/mol. The van der Waals surface area contributed by atoms with Crippen molar-refractivity contribution in [3.8, 4) is 0 Å². The summed E-state index contributed by atoms with van der Waals surface area (Å²) >= 11 is 1.80.